The molecule has 0 unspecified atom stereocenters. The number of amides is 5. The highest BCUT2D eigenvalue weighted by atomic mass is 16.2. The molecule has 2 fully saturated rings. The minimum absolute atomic E-state index is 0.00918. The number of fused-ring (bicyclic) bond motifs is 1. The van der Waals surface area contributed by atoms with Crippen molar-refractivity contribution in [3.05, 3.63) is 59.4 Å². The molecule has 0 radical (unpaired) electrons. The first kappa shape index (κ1) is 20.1. The number of imide groups is 2. The first-order chi connectivity index (χ1) is 15.5. The summed E-state index contributed by atoms with van der Waals surface area (Å²) in [6.07, 6.45) is 3.62. The van der Waals surface area contributed by atoms with E-state index in [1.54, 1.807) is 24.5 Å². The number of nitrogens with one attached hydrogen (secondary N) is 1. The van der Waals surface area contributed by atoms with E-state index in [1.165, 1.54) is 0 Å². The lowest BCUT2D eigenvalue weighted by atomic mass is 10.1. The van der Waals surface area contributed by atoms with Gasteiger partial charge in [0.25, 0.3) is 11.8 Å². The monoisotopic (exact) mass is 434 g/mol. The minimum atomic E-state index is -0.761. The number of carbonyl (C=O) groups excluding carboxylic acids is 4. The number of carbonyl (C=O) groups is 4. The van der Waals surface area contributed by atoms with Crippen LogP contribution in [-0.2, 0) is 11.3 Å². The fourth-order valence-corrected chi connectivity index (χ4v) is 4.32. The van der Waals surface area contributed by atoms with E-state index in [4.69, 9.17) is 0 Å². The zero-order valence-corrected chi connectivity index (χ0v) is 17.4. The molecule has 1 aromatic carbocycles. The molecule has 0 bridgehead atoms. The Kier molecular flexibility index (Phi) is 5.06. The van der Waals surface area contributed by atoms with E-state index >= 15 is 0 Å². The maximum atomic E-state index is 13.0. The van der Waals surface area contributed by atoms with Crippen molar-refractivity contribution >= 4 is 29.4 Å². The molecule has 4 heterocycles. The summed E-state index contributed by atoms with van der Waals surface area (Å²) in [5.74, 6) is -1.51. The number of benzene rings is 1. The van der Waals surface area contributed by atoms with Gasteiger partial charge in [-0.3, -0.25) is 29.6 Å². The standard InChI is InChI=1S/C22H22N6O4/c29-19-5-8-27(22(32)24-19)28-20(30)17-2-1-15(13-18(17)21(28)31)14-25-9-11-26(12-10-25)16-3-6-23-7-4-16/h1-4,6-7,13H,5,8-12,14H2,(H,24,29,32). The molecule has 0 spiro atoms. The van der Waals surface area contributed by atoms with Crippen molar-refractivity contribution in [2.45, 2.75) is 13.0 Å². The number of hydrazine groups is 1. The van der Waals surface area contributed by atoms with Crippen LogP contribution in [0.3, 0.4) is 0 Å². The van der Waals surface area contributed by atoms with E-state index in [0.717, 1.165) is 47.4 Å². The Morgan fingerprint density at radius 1 is 0.844 bits per heavy atom. The molecular formula is C22H22N6O4. The molecule has 1 aromatic heterocycles. The molecule has 164 valence electrons. The number of pyridine rings is 1. The molecule has 0 atom stereocenters. The van der Waals surface area contributed by atoms with E-state index in [2.05, 4.69) is 20.1 Å². The van der Waals surface area contributed by atoms with Crippen LogP contribution in [0.25, 0.3) is 0 Å². The third-order valence-corrected chi connectivity index (χ3v) is 6.01. The molecule has 32 heavy (non-hydrogen) atoms. The lowest BCUT2D eigenvalue weighted by Crippen LogP contribution is -2.58. The molecule has 3 aliphatic heterocycles. The average Bonchev–Trinajstić information content (AvgIpc) is 3.05. The second-order valence-electron chi connectivity index (χ2n) is 8.00. The molecule has 1 N–H and O–H groups in total. The van der Waals surface area contributed by atoms with Gasteiger partial charge in [-0.2, -0.15) is 5.01 Å². The maximum Gasteiger partial charge on any atom is 0.343 e. The number of nitrogens with zero attached hydrogens (tertiary/aromatic N) is 5. The summed E-state index contributed by atoms with van der Waals surface area (Å²) in [5, 5.41) is 3.98. The van der Waals surface area contributed by atoms with Crippen LogP contribution >= 0.6 is 0 Å². The quantitative estimate of drug-likeness (QED) is 0.712. The van der Waals surface area contributed by atoms with E-state index < -0.39 is 23.8 Å². The predicted octanol–water partition coefficient (Wildman–Crippen LogP) is 0.857. The predicted molar refractivity (Wildman–Crippen MR) is 114 cm³/mol. The molecule has 10 heteroatoms. The average molecular weight is 434 g/mol. The highest BCUT2D eigenvalue weighted by molar-refractivity contribution is 6.22. The van der Waals surface area contributed by atoms with Crippen molar-refractivity contribution in [2.75, 3.05) is 37.6 Å². The van der Waals surface area contributed by atoms with Gasteiger partial charge in [0.15, 0.2) is 0 Å². The van der Waals surface area contributed by atoms with Crippen molar-refractivity contribution in [2.24, 2.45) is 0 Å². The van der Waals surface area contributed by atoms with Crippen molar-refractivity contribution in [3.8, 4) is 0 Å². The van der Waals surface area contributed by atoms with E-state index in [0.29, 0.717) is 6.54 Å². The van der Waals surface area contributed by atoms with Crippen LogP contribution in [0.1, 0.15) is 32.7 Å². The Hall–Kier alpha value is -3.79. The molecule has 0 saturated carbocycles. The van der Waals surface area contributed by atoms with Crippen LogP contribution in [0.4, 0.5) is 10.5 Å². The third-order valence-electron chi connectivity index (χ3n) is 6.01. The summed E-state index contributed by atoms with van der Waals surface area (Å²) in [7, 11) is 0. The number of aromatic nitrogens is 1. The molecule has 2 aromatic rings. The first-order valence-corrected chi connectivity index (χ1v) is 10.5. The highest BCUT2D eigenvalue weighted by Gasteiger charge is 2.43. The second kappa shape index (κ2) is 8.04. The number of hydrogen-bond donors (Lipinski definition) is 1. The van der Waals surface area contributed by atoms with Gasteiger partial charge in [-0.25, -0.2) is 9.80 Å². The number of piperazine rings is 1. The van der Waals surface area contributed by atoms with Gasteiger partial charge in [0.1, 0.15) is 0 Å². The van der Waals surface area contributed by atoms with Crippen molar-refractivity contribution in [3.63, 3.8) is 0 Å². The fraction of sp³-hybridized carbons (Fsp3) is 0.318. The van der Waals surface area contributed by atoms with E-state index in [9.17, 15) is 19.2 Å². The highest BCUT2D eigenvalue weighted by Crippen LogP contribution is 2.27. The van der Waals surface area contributed by atoms with Crippen molar-refractivity contribution in [1.82, 2.24) is 25.2 Å². The first-order valence-electron chi connectivity index (χ1n) is 10.5. The van der Waals surface area contributed by atoms with Crippen molar-refractivity contribution < 1.29 is 19.2 Å². The Balaban J connectivity index is 1.26. The summed E-state index contributed by atoms with van der Waals surface area (Å²) in [6, 6.07) is 8.47. The van der Waals surface area contributed by atoms with Gasteiger partial charge in [0, 0.05) is 57.2 Å². The van der Waals surface area contributed by atoms with Crippen molar-refractivity contribution in [1.29, 1.82) is 0 Å². The Morgan fingerprint density at radius 3 is 2.28 bits per heavy atom. The molecule has 3 aliphatic rings. The molecule has 10 nitrogen and oxygen atoms in total. The second-order valence-corrected chi connectivity index (χ2v) is 8.00. The molecular weight excluding hydrogens is 412 g/mol. The van der Waals surface area contributed by atoms with Gasteiger partial charge in [-0.1, -0.05) is 6.07 Å². The van der Waals surface area contributed by atoms with Gasteiger partial charge in [-0.15, -0.1) is 0 Å². The van der Waals surface area contributed by atoms with Crippen LogP contribution < -0.4 is 10.2 Å². The lowest BCUT2D eigenvalue weighted by Gasteiger charge is -2.36. The van der Waals surface area contributed by atoms with Gasteiger partial charge in [0.05, 0.1) is 17.7 Å². The van der Waals surface area contributed by atoms with Gasteiger partial charge < -0.3 is 4.90 Å². The van der Waals surface area contributed by atoms with Gasteiger partial charge in [-0.05, 0) is 29.8 Å². The summed E-state index contributed by atoms with van der Waals surface area (Å²) < 4.78 is 0. The van der Waals surface area contributed by atoms with Crippen LogP contribution in [-0.4, -0.2) is 76.4 Å². The topological polar surface area (TPSA) is 106 Å². The lowest BCUT2D eigenvalue weighted by molar-refractivity contribution is -0.122. The number of urea groups is 1. The summed E-state index contributed by atoms with van der Waals surface area (Å²) >= 11 is 0. The van der Waals surface area contributed by atoms with Gasteiger partial charge in [0.2, 0.25) is 5.91 Å². The normalized spacial score (nSPS) is 19.4. The Bertz CT molecular complexity index is 1100. The summed E-state index contributed by atoms with van der Waals surface area (Å²) in [4.78, 5) is 57.9. The zero-order chi connectivity index (χ0) is 22.2. The SMILES string of the molecule is O=C1CCN(N2C(=O)c3ccc(CN4CCN(c5ccncc5)CC4)cc3C2=O)C(=O)N1. The number of hydrogen-bond acceptors (Lipinski definition) is 7. The van der Waals surface area contributed by atoms with Crippen LogP contribution in [0, 0.1) is 0 Å². The summed E-state index contributed by atoms with van der Waals surface area (Å²) in [6.45, 7) is 4.19. The van der Waals surface area contributed by atoms with E-state index in [1.807, 2.05) is 18.2 Å². The van der Waals surface area contributed by atoms with Crippen LogP contribution in [0.5, 0.6) is 0 Å². The van der Waals surface area contributed by atoms with Crippen LogP contribution in [0.2, 0.25) is 0 Å². The fourth-order valence-electron chi connectivity index (χ4n) is 4.32. The van der Waals surface area contributed by atoms with E-state index in [-0.39, 0.29) is 24.1 Å². The van der Waals surface area contributed by atoms with Crippen LogP contribution in [0.15, 0.2) is 42.7 Å². The minimum Gasteiger partial charge on any atom is -0.369 e. The molecule has 0 aliphatic carbocycles. The Morgan fingerprint density at radius 2 is 1.56 bits per heavy atom. The number of anilines is 1. The Labute approximate surface area is 184 Å². The summed E-state index contributed by atoms with van der Waals surface area (Å²) in [5.41, 5.74) is 2.64. The zero-order valence-electron chi connectivity index (χ0n) is 17.4. The number of rotatable bonds is 4. The van der Waals surface area contributed by atoms with Gasteiger partial charge >= 0.3 is 6.03 Å². The largest absolute Gasteiger partial charge is 0.369 e. The maximum absolute atomic E-state index is 13.0. The smallest absolute Gasteiger partial charge is 0.343 e. The molecule has 2 saturated heterocycles. The molecule has 5 amide bonds. The third kappa shape index (κ3) is 3.58. The molecule has 5 rings (SSSR count).